The molecule has 130 valence electrons. The lowest BCUT2D eigenvalue weighted by molar-refractivity contribution is -0.425. The molecule has 0 aromatic heterocycles. The number of hydrogen-bond donors (Lipinski definition) is 0. The molecule has 3 atom stereocenters. The second-order valence-electron chi connectivity index (χ2n) is 6.03. The summed E-state index contributed by atoms with van der Waals surface area (Å²) in [4.78, 5) is 23.9. The van der Waals surface area contributed by atoms with Crippen molar-refractivity contribution in [3.8, 4) is 0 Å². The molecular weight excluding hydrogens is 308 g/mol. The van der Waals surface area contributed by atoms with E-state index in [1.54, 1.807) is 13.8 Å². The maximum Gasteiger partial charge on any atom is 0.348 e. The molecule has 0 saturated carbocycles. The van der Waals surface area contributed by atoms with Gasteiger partial charge in [-0.05, 0) is 19.9 Å². The predicted octanol–water partition coefficient (Wildman–Crippen LogP) is 0.889. The molecule has 2 aliphatic rings. The van der Waals surface area contributed by atoms with Gasteiger partial charge in [-0.3, -0.25) is 0 Å². The van der Waals surface area contributed by atoms with Gasteiger partial charge in [0, 0.05) is 28.1 Å². The maximum absolute atomic E-state index is 12.0. The molecule has 2 rings (SSSR count). The van der Waals surface area contributed by atoms with Crippen molar-refractivity contribution in [3.05, 3.63) is 11.6 Å². The molecule has 0 N–H and O–H groups in total. The van der Waals surface area contributed by atoms with Gasteiger partial charge in [0.15, 0.2) is 0 Å². The lowest BCUT2D eigenvalue weighted by atomic mass is 10.1. The quantitative estimate of drug-likeness (QED) is 0.428. The average molecular weight is 330 g/mol. The van der Waals surface area contributed by atoms with Crippen molar-refractivity contribution in [2.45, 2.75) is 51.2 Å². The highest BCUT2D eigenvalue weighted by atomic mass is 16.8. The molecule has 2 aliphatic heterocycles. The van der Waals surface area contributed by atoms with Crippen LogP contribution in [0.2, 0.25) is 0 Å². The normalized spacial score (nSPS) is 37.1. The van der Waals surface area contributed by atoms with E-state index in [-0.39, 0.29) is 12.2 Å². The summed E-state index contributed by atoms with van der Waals surface area (Å²) in [6.45, 7) is 6.34. The molecule has 0 amide bonds. The van der Waals surface area contributed by atoms with Crippen LogP contribution in [0.15, 0.2) is 11.6 Å². The second-order valence-corrected chi connectivity index (χ2v) is 6.03. The smallest absolute Gasteiger partial charge is 0.348 e. The molecule has 8 heteroatoms. The van der Waals surface area contributed by atoms with Crippen LogP contribution in [0.5, 0.6) is 0 Å². The summed E-state index contributed by atoms with van der Waals surface area (Å²) in [5.41, 5.74) is -0.239. The Bertz CT molecular complexity index is 518. The third-order valence-corrected chi connectivity index (χ3v) is 3.97. The van der Waals surface area contributed by atoms with Crippen molar-refractivity contribution in [2.75, 3.05) is 20.8 Å². The summed E-state index contributed by atoms with van der Waals surface area (Å²) in [6.07, 6.45) is 0.603. The molecule has 8 nitrogen and oxygen atoms in total. The van der Waals surface area contributed by atoms with Gasteiger partial charge in [0.1, 0.15) is 11.7 Å². The Morgan fingerprint density at radius 1 is 1.00 bits per heavy atom. The maximum atomic E-state index is 12.0. The van der Waals surface area contributed by atoms with Crippen LogP contribution in [0, 0.1) is 0 Å². The van der Waals surface area contributed by atoms with Crippen LogP contribution in [0.3, 0.4) is 0 Å². The van der Waals surface area contributed by atoms with Gasteiger partial charge in [-0.1, -0.05) is 0 Å². The van der Waals surface area contributed by atoms with Crippen molar-refractivity contribution in [1.29, 1.82) is 0 Å². The van der Waals surface area contributed by atoms with E-state index in [4.69, 9.17) is 28.4 Å². The minimum Gasteiger partial charge on any atom is -0.419 e. The standard InChI is InChI=1S/C15H22O8/c1-13(2)22-11(16)10(12(17)23-13)7-9-8-20-14(3,18-5)15(4,19-6)21-9/h7,9H,8H2,1-6H3/t9-,14+,15+/m0/s1. The Morgan fingerprint density at radius 2 is 1.52 bits per heavy atom. The fourth-order valence-electron chi connectivity index (χ4n) is 2.34. The first-order valence-electron chi connectivity index (χ1n) is 7.16. The summed E-state index contributed by atoms with van der Waals surface area (Å²) in [7, 11) is 2.92. The Labute approximate surface area is 134 Å². The fraction of sp³-hybridized carbons (Fsp3) is 0.733. The van der Waals surface area contributed by atoms with Crippen molar-refractivity contribution < 1.29 is 38.0 Å². The highest BCUT2D eigenvalue weighted by Gasteiger charge is 2.53. The topological polar surface area (TPSA) is 89.5 Å². The van der Waals surface area contributed by atoms with Crippen molar-refractivity contribution in [3.63, 3.8) is 0 Å². The molecule has 0 spiro atoms. The van der Waals surface area contributed by atoms with E-state index < -0.39 is 35.4 Å². The van der Waals surface area contributed by atoms with E-state index in [0.29, 0.717) is 0 Å². The van der Waals surface area contributed by atoms with E-state index in [9.17, 15) is 9.59 Å². The molecule has 0 aromatic rings. The molecule has 2 saturated heterocycles. The zero-order chi connectivity index (χ0) is 17.5. The number of esters is 2. The van der Waals surface area contributed by atoms with Crippen LogP contribution in [0.1, 0.15) is 27.7 Å². The highest BCUT2D eigenvalue weighted by Crippen LogP contribution is 2.37. The molecular formula is C15H22O8. The lowest BCUT2D eigenvalue weighted by Crippen LogP contribution is -2.62. The van der Waals surface area contributed by atoms with E-state index in [2.05, 4.69) is 0 Å². The van der Waals surface area contributed by atoms with Gasteiger partial charge >= 0.3 is 11.9 Å². The number of carbonyl (C=O) groups is 2. The highest BCUT2D eigenvalue weighted by molar-refractivity contribution is 6.15. The molecule has 23 heavy (non-hydrogen) atoms. The molecule has 2 fully saturated rings. The molecule has 2 heterocycles. The van der Waals surface area contributed by atoms with Gasteiger partial charge in [0.25, 0.3) is 5.79 Å². The largest absolute Gasteiger partial charge is 0.419 e. The summed E-state index contributed by atoms with van der Waals surface area (Å²) in [5.74, 6) is -5.19. The molecule has 0 bridgehead atoms. The predicted molar refractivity (Wildman–Crippen MR) is 76.0 cm³/mol. The SMILES string of the molecule is CO[C@]1(C)OC[C@H](C=C2C(=O)OC(C)(C)OC2=O)O[C@@]1(C)OC. The van der Waals surface area contributed by atoms with Gasteiger partial charge in [-0.2, -0.15) is 0 Å². The number of ether oxygens (including phenoxy) is 6. The number of carbonyl (C=O) groups excluding carboxylic acids is 2. The van der Waals surface area contributed by atoms with Crippen molar-refractivity contribution in [2.24, 2.45) is 0 Å². The Hall–Kier alpha value is -1.48. The van der Waals surface area contributed by atoms with Gasteiger partial charge in [-0.15, -0.1) is 0 Å². The van der Waals surface area contributed by atoms with E-state index in [0.717, 1.165) is 0 Å². The zero-order valence-electron chi connectivity index (χ0n) is 14.1. The van der Waals surface area contributed by atoms with Crippen molar-refractivity contribution >= 4 is 11.9 Å². The van der Waals surface area contributed by atoms with E-state index >= 15 is 0 Å². The van der Waals surface area contributed by atoms with Crippen LogP contribution in [0.4, 0.5) is 0 Å². The summed E-state index contributed by atoms with van der Waals surface area (Å²) >= 11 is 0. The van der Waals surface area contributed by atoms with Crippen LogP contribution in [0.25, 0.3) is 0 Å². The number of rotatable bonds is 3. The average Bonchev–Trinajstić information content (AvgIpc) is 2.45. The monoisotopic (exact) mass is 330 g/mol. The van der Waals surface area contributed by atoms with E-state index in [1.807, 2.05) is 0 Å². The summed E-state index contributed by atoms with van der Waals surface area (Å²) in [6, 6.07) is 0. The van der Waals surface area contributed by atoms with Crippen LogP contribution < -0.4 is 0 Å². The second kappa shape index (κ2) is 5.86. The van der Waals surface area contributed by atoms with Crippen LogP contribution in [-0.2, 0) is 38.0 Å². The Kier molecular flexibility index (Phi) is 4.55. The van der Waals surface area contributed by atoms with E-state index in [1.165, 1.54) is 34.1 Å². The van der Waals surface area contributed by atoms with Gasteiger partial charge in [0.05, 0.1) is 6.61 Å². The first-order valence-corrected chi connectivity index (χ1v) is 7.16. The zero-order valence-corrected chi connectivity index (χ0v) is 14.1. The Balaban J connectivity index is 2.21. The molecule has 0 aliphatic carbocycles. The Morgan fingerprint density at radius 3 is 2.00 bits per heavy atom. The minimum atomic E-state index is -1.29. The van der Waals surface area contributed by atoms with Gasteiger partial charge in [0.2, 0.25) is 11.6 Å². The summed E-state index contributed by atoms with van der Waals surface area (Å²) < 4.78 is 32.2. The van der Waals surface area contributed by atoms with Gasteiger partial charge < -0.3 is 28.4 Å². The lowest BCUT2D eigenvalue weighted by Gasteiger charge is -2.48. The van der Waals surface area contributed by atoms with Gasteiger partial charge in [-0.25, -0.2) is 9.59 Å². The van der Waals surface area contributed by atoms with Crippen LogP contribution in [-0.4, -0.2) is 56.2 Å². The first-order chi connectivity index (χ1) is 10.6. The first kappa shape index (κ1) is 17.9. The molecule has 0 unspecified atom stereocenters. The molecule has 0 radical (unpaired) electrons. The number of methoxy groups -OCH3 is 2. The number of cyclic esters (lactones) is 2. The third-order valence-electron chi connectivity index (χ3n) is 3.97. The summed E-state index contributed by atoms with van der Waals surface area (Å²) in [5, 5.41) is 0. The van der Waals surface area contributed by atoms with Crippen molar-refractivity contribution in [1.82, 2.24) is 0 Å². The van der Waals surface area contributed by atoms with Crippen LogP contribution >= 0.6 is 0 Å². The fourth-order valence-corrected chi connectivity index (χ4v) is 2.34. The number of hydrogen-bond acceptors (Lipinski definition) is 8. The third kappa shape index (κ3) is 3.25. The minimum absolute atomic E-state index is 0.0662. The molecule has 0 aromatic carbocycles.